The summed E-state index contributed by atoms with van der Waals surface area (Å²) in [6.45, 7) is 4.69. The molecule has 2 saturated heterocycles. The quantitative estimate of drug-likeness (QED) is 0.738. The number of thiophene rings is 1. The molecule has 2 fully saturated rings. The smallest absolute Gasteiger partial charge is 0.270 e. The first-order valence-electron chi connectivity index (χ1n) is 9.77. The molecule has 0 spiro atoms. The number of rotatable bonds is 4. The van der Waals surface area contributed by atoms with Crippen molar-refractivity contribution in [2.24, 2.45) is 0 Å². The van der Waals surface area contributed by atoms with Gasteiger partial charge in [-0.3, -0.25) is 9.59 Å². The van der Waals surface area contributed by atoms with Crippen molar-refractivity contribution in [3.8, 4) is 0 Å². The van der Waals surface area contributed by atoms with Gasteiger partial charge in [0.25, 0.3) is 11.8 Å². The Morgan fingerprint density at radius 1 is 0.967 bits per heavy atom. The van der Waals surface area contributed by atoms with Gasteiger partial charge in [-0.15, -0.1) is 11.3 Å². The van der Waals surface area contributed by atoms with Crippen molar-refractivity contribution < 1.29 is 18.0 Å². The van der Waals surface area contributed by atoms with Gasteiger partial charge in [-0.1, -0.05) is 0 Å². The second-order valence-corrected chi connectivity index (χ2v) is 11.7. The third kappa shape index (κ3) is 4.29. The van der Waals surface area contributed by atoms with Crippen LogP contribution in [0.1, 0.15) is 25.0 Å². The monoisotopic (exact) mass is 468 g/mol. The standard InChI is InChI=1S/C19H24N4O4S3/c1-14-2-3-17(29-14)19(25)22-6-4-21(5-7-22)18(24)16-12-15(13-20-16)30(26,27)23-8-10-28-11-9-23/h2-3,12-13,20H,4-11H2,1H3. The minimum Gasteiger partial charge on any atom is -0.356 e. The Bertz CT molecular complexity index is 1030. The molecule has 4 heterocycles. The number of nitrogens with one attached hydrogen (secondary N) is 1. The van der Waals surface area contributed by atoms with E-state index in [1.54, 1.807) is 21.6 Å². The summed E-state index contributed by atoms with van der Waals surface area (Å²) in [5.74, 6) is 1.31. The summed E-state index contributed by atoms with van der Waals surface area (Å²) in [7, 11) is -3.59. The number of amides is 2. The zero-order valence-electron chi connectivity index (χ0n) is 16.7. The van der Waals surface area contributed by atoms with Gasteiger partial charge in [0.2, 0.25) is 10.0 Å². The van der Waals surface area contributed by atoms with Gasteiger partial charge in [0.05, 0.1) is 4.88 Å². The van der Waals surface area contributed by atoms with E-state index in [0.29, 0.717) is 44.1 Å². The molecule has 1 N–H and O–H groups in total. The van der Waals surface area contributed by atoms with E-state index in [1.165, 1.54) is 27.9 Å². The Hall–Kier alpha value is -1.82. The molecule has 2 aromatic rings. The number of carbonyl (C=O) groups excluding carboxylic acids is 2. The number of nitrogens with zero attached hydrogens (tertiary/aromatic N) is 3. The maximum absolute atomic E-state index is 12.8. The van der Waals surface area contributed by atoms with E-state index in [-0.39, 0.29) is 22.4 Å². The molecular formula is C19H24N4O4S3. The molecule has 0 aliphatic carbocycles. The van der Waals surface area contributed by atoms with Crippen LogP contribution in [0.5, 0.6) is 0 Å². The third-order valence-electron chi connectivity index (χ3n) is 5.30. The van der Waals surface area contributed by atoms with Gasteiger partial charge < -0.3 is 14.8 Å². The fourth-order valence-electron chi connectivity index (χ4n) is 3.57. The van der Waals surface area contributed by atoms with E-state index >= 15 is 0 Å². The Morgan fingerprint density at radius 2 is 1.60 bits per heavy atom. The van der Waals surface area contributed by atoms with Crippen LogP contribution in [-0.2, 0) is 10.0 Å². The molecule has 0 saturated carbocycles. The molecule has 0 radical (unpaired) electrons. The second-order valence-electron chi connectivity index (χ2n) is 7.26. The number of hydrogen-bond acceptors (Lipinski definition) is 6. The molecule has 11 heteroatoms. The molecule has 2 aromatic heterocycles. The zero-order valence-corrected chi connectivity index (χ0v) is 19.1. The highest BCUT2D eigenvalue weighted by Crippen LogP contribution is 2.22. The van der Waals surface area contributed by atoms with Crippen LogP contribution in [0, 0.1) is 6.92 Å². The van der Waals surface area contributed by atoms with Crippen molar-refractivity contribution in [3.63, 3.8) is 0 Å². The van der Waals surface area contributed by atoms with Crippen molar-refractivity contribution in [2.45, 2.75) is 11.8 Å². The molecular weight excluding hydrogens is 444 g/mol. The minimum atomic E-state index is -3.59. The molecule has 0 aromatic carbocycles. The summed E-state index contributed by atoms with van der Waals surface area (Å²) in [5.41, 5.74) is 0.258. The van der Waals surface area contributed by atoms with Crippen molar-refractivity contribution in [3.05, 3.63) is 39.8 Å². The van der Waals surface area contributed by atoms with E-state index in [0.717, 1.165) is 16.4 Å². The Kier molecular flexibility index (Phi) is 6.24. The maximum atomic E-state index is 12.8. The van der Waals surface area contributed by atoms with Crippen LogP contribution in [-0.4, -0.2) is 90.1 Å². The number of hydrogen-bond donors (Lipinski definition) is 1. The molecule has 2 aliphatic rings. The Labute approximate surface area is 184 Å². The predicted octanol–water partition coefficient (Wildman–Crippen LogP) is 1.72. The number of aromatic nitrogens is 1. The number of aromatic amines is 1. The SMILES string of the molecule is Cc1ccc(C(=O)N2CCN(C(=O)c3cc(S(=O)(=O)N4CCSCC4)c[nH]3)CC2)s1. The van der Waals surface area contributed by atoms with Crippen LogP contribution in [0.2, 0.25) is 0 Å². The number of sulfonamides is 1. The largest absolute Gasteiger partial charge is 0.356 e. The van der Waals surface area contributed by atoms with Crippen LogP contribution in [0.15, 0.2) is 29.3 Å². The van der Waals surface area contributed by atoms with Gasteiger partial charge in [-0.25, -0.2) is 8.42 Å². The van der Waals surface area contributed by atoms with E-state index in [1.807, 2.05) is 19.1 Å². The molecule has 8 nitrogen and oxygen atoms in total. The number of carbonyl (C=O) groups is 2. The number of H-pyrrole nitrogens is 1. The highest BCUT2D eigenvalue weighted by atomic mass is 32.2. The van der Waals surface area contributed by atoms with Gasteiger partial charge in [-0.05, 0) is 25.1 Å². The fourth-order valence-corrected chi connectivity index (χ4v) is 6.98. The first kappa shape index (κ1) is 21.4. The number of piperazine rings is 1. The predicted molar refractivity (Wildman–Crippen MR) is 118 cm³/mol. The van der Waals surface area contributed by atoms with Crippen molar-refractivity contribution in [1.29, 1.82) is 0 Å². The van der Waals surface area contributed by atoms with Gasteiger partial charge in [0.1, 0.15) is 10.6 Å². The lowest BCUT2D eigenvalue weighted by Gasteiger charge is -2.34. The average Bonchev–Trinajstić information content (AvgIpc) is 3.43. The number of thioether (sulfide) groups is 1. The minimum absolute atomic E-state index is 0.00635. The first-order valence-corrected chi connectivity index (χ1v) is 13.2. The summed E-state index contributed by atoms with van der Waals surface area (Å²) < 4.78 is 27.0. The molecule has 0 unspecified atom stereocenters. The lowest BCUT2D eigenvalue weighted by atomic mass is 10.2. The molecule has 162 valence electrons. The molecule has 2 amide bonds. The van der Waals surface area contributed by atoms with Crippen molar-refractivity contribution >= 4 is 44.9 Å². The van der Waals surface area contributed by atoms with Crippen LogP contribution in [0.25, 0.3) is 0 Å². The second kappa shape index (κ2) is 8.74. The highest BCUT2D eigenvalue weighted by molar-refractivity contribution is 7.99. The molecule has 0 atom stereocenters. The summed E-state index contributed by atoms with van der Waals surface area (Å²) in [6, 6.07) is 5.18. The normalized spacial score (nSPS) is 18.6. The topological polar surface area (TPSA) is 93.8 Å². The summed E-state index contributed by atoms with van der Waals surface area (Å²) >= 11 is 3.21. The summed E-state index contributed by atoms with van der Waals surface area (Å²) in [6.07, 6.45) is 1.39. The van der Waals surface area contributed by atoms with Crippen LogP contribution in [0.3, 0.4) is 0 Å². The molecule has 30 heavy (non-hydrogen) atoms. The summed E-state index contributed by atoms with van der Waals surface area (Å²) in [5, 5.41) is 0. The number of aryl methyl sites for hydroxylation is 1. The van der Waals surface area contributed by atoms with E-state index < -0.39 is 10.0 Å². The first-order chi connectivity index (χ1) is 14.4. The molecule has 4 rings (SSSR count). The molecule has 0 bridgehead atoms. The third-order valence-corrected chi connectivity index (χ3v) is 9.11. The van der Waals surface area contributed by atoms with Gasteiger partial charge in [-0.2, -0.15) is 16.1 Å². The van der Waals surface area contributed by atoms with Gasteiger partial charge >= 0.3 is 0 Å². The van der Waals surface area contributed by atoms with Crippen LogP contribution >= 0.6 is 23.1 Å². The fraction of sp³-hybridized carbons (Fsp3) is 0.474. The van der Waals surface area contributed by atoms with E-state index in [9.17, 15) is 18.0 Å². The Balaban J connectivity index is 1.38. The van der Waals surface area contributed by atoms with Gasteiger partial charge in [0.15, 0.2) is 0 Å². The lowest BCUT2D eigenvalue weighted by Crippen LogP contribution is -2.50. The van der Waals surface area contributed by atoms with Gasteiger partial charge in [0, 0.05) is 61.8 Å². The average molecular weight is 469 g/mol. The molecule has 2 aliphatic heterocycles. The van der Waals surface area contributed by atoms with Crippen LogP contribution < -0.4 is 0 Å². The van der Waals surface area contributed by atoms with Crippen LogP contribution in [0.4, 0.5) is 0 Å². The Morgan fingerprint density at radius 3 is 2.20 bits per heavy atom. The highest BCUT2D eigenvalue weighted by Gasteiger charge is 2.30. The lowest BCUT2D eigenvalue weighted by molar-refractivity contribution is 0.0535. The van der Waals surface area contributed by atoms with Crippen molar-refractivity contribution in [1.82, 2.24) is 19.1 Å². The maximum Gasteiger partial charge on any atom is 0.270 e. The summed E-state index contributed by atoms with van der Waals surface area (Å²) in [4.78, 5) is 33.6. The van der Waals surface area contributed by atoms with Crippen molar-refractivity contribution in [2.75, 3.05) is 50.8 Å². The van der Waals surface area contributed by atoms with E-state index in [4.69, 9.17) is 0 Å². The van der Waals surface area contributed by atoms with E-state index in [2.05, 4.69) is 4.98 Å². The zero-order chi connectivity index (χ0) is 21.3.